The summed E-state index contributed by atoms with van der Waals surface area (Å²) in [5.41, 5.74) is 6.74. The van der Waals surface area contributed by atoms with Crippen molar-refractivity contribution in [3.63, 3.8) is 0 Å². The van der Waals surface area contributed by atoms with Crippen LogP contribution in [-0.2, 0) is 11.2 Å². The molecule has 1 fully saturated rings. The summed E-state index contributed by atoms with van der Waals surface area (Å²) >= 11 is 0. The predicted molar refractivity (Wildman–Crippen MR) is 88.7 cm³/mol. The number of nitrogens with zero attached hydrogens (tertiary/aromatic N) is 2. The van der Waals surface area contributed by atoms with Gasteiger partial charge in [-0.2, -0.15) is 0 Å². The van der Waals surface area contributed by atoms with Gasteiger partial charge in [0.15, 0.2) is 11.7 Å². The van der Waals surface area contributed by atoms with Crippen molar-refractivity contribution >= 4 is 5.91 Å². The summed E-state index contributed by atoms with van der Waals surface area (Å²) in [7, 11) is 0. The van der Waals surface area contributed by atoms with Crippen LogP contribution in [-0.4, -0.2) is 34.9 Å². The minimum Gasteiger partial charge on any atom is -0.441 e. The molecule has 5 heteroatoms. The van der Waals surface area contributed by atoms with E-state index in [-0.39, 0.29) is 11.9 Å². The summed E-state index contributed by atoms with van der Waals surface area (Å²) < 4.78 is 5.76. The number of hydrogen-bond acceptors (Lipinski definition) is 4. The van der Waals surface area contributed by atoms with Crippen molar-refractivity contribution in [2.24, 2.45) is 5.73 Å². The fraction of sp³-hybridized carbons (Fsp3) is 0.444. The normalized spacial score (nSPS) is 17.6. The zero-order valence-electron chi connectivity index (χ0n) is 13.3. The quantitative estimate of drug-likeness (QED) is 0.890. The first-order chi connectivity index (χ1) is 11.3. The molecule has 0 aliphatic carbocycles. The van der Waals surface area contributed by atoms with E-state index < -0.39 is 0 Å². The maximum atomic E-state index is 12.3. The average molecular weight is 313 g/mol. The number of rotatable bonds is 6. The molecule has 0 saturated carbocycles. The molecule has 0 radical (unpaired) electrons. The van der Waals surface area contributed by atoms with Gasteiger partial charge in [-0.15, -0.1) is 0 Å². The van der Waals surface area contributed by atoms with Gasteiger partial charge in [0.25, 0.3) is 0 Å². The number of hydrogen-bond donors (Lipinski definition) is 1. The number of oxazole rings is 1. The molecule has 1 aromatic carbocycles. The Labute approximate surface area is 136 Å². The van der Waals surface area contributed by atoms with E-state index >= 15 is 0 Å². The Kier molecular flexibility index (Phi) is 5.08. The third-order valence-electron chi connectivity index (χ3n) is 4.36. The van der Waals surface area contributed by atoms with Crippen LogP contribution in [0.1, 0.15) is 31.6 Å². The van der Waals surface area contributed by atoms with Gasteiger partial charge in [-0.1, -0.05) is 30.3 Å². The Hall–Kier alpha value is -2.14. The van der Waals surface area contributed by atoms with Gasteiger partial charge >= 0.3 is 0 Å². The number of nitrogens with two attached hydrogens (primary N) is 1. The zero-order chi connectivity index (χ0) is 16.1. The van der Waals surface area contributed by atoms with E-state index in [1.807, 2.05) is 35.2 Å². The molecular formula is C18H23N3O2. The molecule has 1 saturated heterocycles. The van der Waals surface area contributed by atoms with Crippen molar-refractivity contribution in [3.05, 3.63) is 42.4 Å². The highest BCUT2D eigenvalue weighted by Gasteiger charge is 2.26. The third-order valence-corrected chi connectivity index (χ3v) is 4.36. The highest BCUT2D eigenvalue weighted by Crippen LogP contribution is 2.21. The Balaban J connectivity index is 1.49. The average Bonchev–Trinajstić information content (AvgIpc) is 3.24. The number of amides is 1. The van der Waals surface area contributed by atoms with Crippen LogP contribution in [0, 0.1) is 0 Å². The highest BCUT2D eigenvalue weighted by atomic mass is 16.4. The Morgan fingerprint density at radius 2 is 2.17 bits per heavy atom. The van der Waals surface area contributed by atoms with Crippen molar-refractivity contribution in [2.45, 2.75) is 38.1 Å². The van der Waals surface area contributed by atoms with E-state index in [0.717, 1.165) is 37.1 Å². The molecule has 1 aromatic heterocycles. The molecule has 1 atom stereocenters. The fourth-order valence-corrected chi connectivity index (χ4v) is 3.11. The van der Waals surface area contributed by atoms with Crippen LogP contribution in [0.15, 0.2) is 40.9 Å². The third kappa shape index (κ3) is 3.79. The lowest BCUT2D eigenvalue weighted by atomic mass is 10.2. The van der Waals surface area contributed by atoms with Gasteiger partial charge in [0.2, 0.25) is 5.91 Å². The largest absolute Gasteiger partial charge is 0.441 e. The van der Waals surface area contributed by atoms with Crippen molar-refractivity contribution in [3.8, 4) is 11.3 Å². The topological polar surface area (TPSA) is 72.4 Å². The van der Waals surface area contributed by atoms with Gasteiger partial charge in [0.1, 0.15) is 0 Å². The lowest BCUT2D eigenvalue weighted by Gasteiger charge is -2.23. The lowest BCUT2D eigenvalue weighted by Crippen LogP contribution is -2.39. The van der Waals surface area contributed by atoms with Crippen LogP contribution in [0.4, 0.5) is 0 Å². The smallest absolute Gasteiger partial charge is 0.222 e. The lowest BCUT2D eigenvalue weighted by molar-refractivity contribution is -0.131. The molecule has 2 N–H and O–H groups in total. The van der Waals surface area contributed by atoms with Crippen molar-refractivity contribution in [1.82, 2.24) is 9.88 Å². The van der Waals surface area contributed by atoms with Gasteiger partial charge in [0, 0.05) is 37.5 Å². The van der Waals surface area contributed by atoms with Crippen LogP contribution < -0.4 is 5.73 Å². The molecule has 23 heavy (non-hydrogen) atoms. The number of aromatic nitrogens is 1. The molecule has 1 aliphatic heterocycles. The van der Waals surface area contributed by atoms with Gasteiger partial charge in [0.05, 0.1) is 6.20 Å². The van der Waals surface area contributed by atoms with Gasteiger partial charge < -0.3 is 15.1 Å². The molecule has 0 bridgehead atoms. The molecule has 0 spiro atoms. The van der Waals surface area contributed by atoms with E-state index in [4.69, 9.17) is 10.2 Å². The molecule has 1 aliphatic rings. The van der Waals surface area contributed by atoms with E-state index in [9.17, 15) is 4.79 Å². The maximum absolute atomic E-state index is 12.3. The first-order valence-electron chi connectivity index (χ1n) is 8.27. The number of benzene rings is 1. The summed E-state index contributed by atoms with van der Waals surface area (Å²) in [6, 6.07) is 10.1. The summed E-state index contributed by atoms with van der Waals surface area (Å²) in [4.78, 5) is 18.5. The minimum absolute atomic E-state index is 0.202. The van der Waals surface area contributed by atoms with E-state index in [1.54, 1.807) is 6.20 Å². The second-order valence-corrected chi connectivity index (χ2v) is 5.96. The van der Waals surface area contributed by atoms with E-state index in [2.05, 4.69) is 4.98 Å². The molecule has 5 nitrogen and oxygen atoms in total. The van der Waals surface area contributed by atoms with Gasteiger partial charge in [-0.05, 0) is 19.3 Å². The van der Waals surface area contributed by atoms with Crippen LogP contribution in [0.25, 0.3) is 11.3 Å². The summed E-state index contributed by atoms with van der Waals surface area (Å²) in [5.74, 6) is 1.66. The second-order valence-electron chi connectivity index (χ2n) is 5.96. The number of aryl methyl sites for hydroxylation is 1. The van der Waals surface area contributed by atoms with Crippen LogP contribution in [0.2, 0.25) is 0 Å². The summed E-state index contributed by atoms with van der Waals surface area (Å²) in [6.07, 6.45) is 5.80. The Morgan fingerprint density at radius 3 is 2.96 bits per heavy atom. The van der Waals surface area contributed by atoms with Gasteiger partial charge in [-0.3, -0.25) is 4.79 Å². The SMILES string of the molecule is NCC1CCCN1C(=O)CCCc1ncc(-c2ccccc2)o1. The van der Waals surface area contributed by atoms with E-state index in [1.165, 1.54) is 0 Å². The van der Waals surface area contributed by atoms with Crippen molar-refractivity contribution < 1.29 is 9.21 Å². The molecule has 1 unspecified atom stereocenters. The number of likely N-dealkylation sites (tertiary alicyclic amines) is 1. The molecule has 122 valence electrons. The number of carbonyl (C=O) groups excluding carboxylic acids is 1. The molecule has 3 rings (SSSR count). The Bertz CT molecular complexity index is 639. The predicted octanol–water partition coefficient (Wildman–Crippen LogP) is 2.61. The maximum Gasteiger partial charge on any atom is 0.222 e. The van der Waals surface area contributed by atoms with Crippen LogP contribution in [0.3, 0.4) is 0 Å². The van der Waals surface area contributed by atoms with Crippen LogP contribution >= 0.6 is 0 Å². The second kappa shape index (κ2) is 7.42. The molecule has 1 amide bonds. The first kappa shape index (κ1) is 15.7. The summed E-state index contributed by atoms with van der Waals surface area (Å²) in [5, 5.41) is 0. The highest BCUT2D eigenvalue weighted by molar-refractivity contribution is 5.76. The molecule has 2 aromatic rings. The Morgan fingerprint density at radius 1 is 1.35 bits per heavy atom. The monoisotopic (exact) mass is 313 g/mol. The zero-order valence-corrected chi connectivity index (χ0v) is 13.3. The minimum atomic E-state index is 0.202. The molecule has 2 heterocycles. The van der Waals surface area contributed by atoms with Crippen LogP contribution in [0.5, 0.6) is 0 Å². The van der Waals surface area contributed by atoms with Crippen molar-refractivity contribution in [1.29, 1.82) is 0 Å². The number of carbonyl (C=O) groups is 1. The fourth-order valence-electron chi connectivity index (χ4n) is 3.11. The van der Waals surface area contributed by atoms with E-state index in [0.29, 0.717) is 25.3 Å². The molecular weight excluding hydrogens is 290 g/mol. The van der Waals surface area contributed by atoms with Gasteiger partial charge in [-0.25, -0.2) is 4.98 Å². The van der Waals surface area contributed by atoms with Crippen molar-refractivity contribution in [2.75, 3.05) is 13.1 Å². The first-order valence-corrected chi connectivity index (χ1v) is 8.27. The summed E-state index contributed by atoms with van der Waals surface area (Å²) in [6.45, 7) is 1.41. The standard InChI is InChI=1S/C18H23N3O2/c19-12-15-8-5-11-21(15)18(22)10-4-9-17-20-13-16(23-17)14-6-2-1-3-7-14/h1-3,6-7,13,15H,4-5,8-12,19H2.